The van der Waals surface area contributed by atoms with Crippen molar-refractivity contribution in [2.75, 3.05) is 13.2 Å². The van der Waals surface area contributed by atoms with Crippen molar-refractivity contribution >= 4 is 17.9 Å². The third-order valence-electron chi connectivity index (χ3n) is 8.39. The van der Waals surface area contributed by atoms with Crippen LogP contribution in [0, 0.1) is 0 Å². The summed E-state index contributed by atoms with van der Waals surface area (Å²) in [7, 11) is 0. The van der Waals surface area contributed by atoms with Crippen LogP contribution >= 0.6 is 0 Å². The molecular formula is C52H78O6. The van der Waals surface area contributed by atoms with Crippen LogP contribution in [0.25, 0.3) is 0 Å². The van der Waals surface area contributed by atoms with Gasteiger partial charge in [-0.15, -0.1) is 0 Å². The summed E-state index contributed by atoms with van der Waals surface area (Å²) < 4.78 is 16.5. The highest BCUT2D eigenvalue weighted by atomic mass is 16.6. The first-order valence-electron chi connectivity index (χ1n) is 22.2. The lowest BCUT2D eigenvalue weighted by molar-refractivity contribution is -0.166. The highest BCUT2D eigenvalue weighted by molar-refractivity contribution is 5.71. The molecule has 1 unspecified atom stereocenters. The van der Waals surface area contributed by atoms with Gasteiger partial charge in [0.1, 0.15) is 13.2 Å². The Morgan fingerprint density at radius 2 is 0.638 bits per heavy atom. The Bertz CT molecular complexity index is 1330. The van der Waals surface area contributed by atoms with Crippen LogP contribution in [0.15, 0.2) is 134 Å². The van der Waals surface area contributed by atoms with E-state index < -0.39 is 6.10 Å². The Morgan fingerprint density at radius 3 is 1.00 bits per heavy atom. The van der Waals surface area contributed by atoms with E-state index in [2.05, 4.69) is 142 Å². The molecule has 0 fully saturated rings. The molecule has 0 bridgehead atoms. The lowest BCUT2D eigenvalue weighted by Crippen LogP contribution is -2.30. The standard InChI is InChI=1S/C52H78O6/c1-4-7-10-13-16-19-21-23-24-25-26-27-28-29-31-33-36-39-42-45-51(54)57-48-49(47-56-50(53)44-41-38-35-32-18-15-12-9-6-3)58-52(55)46-43-40-37-34-30-22-20-17-14-11-8-5-2/h7-12,16-20,23-24,26-27,29-32,34,36,39,49H,4-6,13-15,21-22,25,28,33,35,37-38,40-48H2,1-3H3/b10-7-,11-8-,12-9-,19-16-,20-17-,24-23-,27-26-,31-29-,32-18-,34-30-,39-36-. The number of carbonyl (C=O) groups is 3. The molecule has 0 aromatic heterocycles. The van der Waals surface area contributed by atoms with Crippen molar-refractivity contribution in [2.45, 2.75) is 162 Å². The third kappa shape index (κ3) is 42.7. The Morgan fingerprint density at radius 1 is 0.345 bits per heavy atom. The molecule has 0 aliphatic carbocycles. The van der Waals surface area contributed by atoms with Crippen molar-refractivity contribution in [3.05, 3.63) is 134 Å². The Hall–Kier alpha value is -4.45. The first-order valence-corrected chi connectivity index (χ1v) is 22.2. The zero-order valence-electron chi connectivity index (χ0n) is 36.5. The largest absolute Gasteiger partial charge is 0.462 e. The quantitative estimate of drug-likeness (QED) is 0.0270. The van der Waals surface area contributed by atoms with E-state index in [4.69, 9.17) is 14.2 Å². The molecule has 0 rings (SSSR count). The van der Waals surface area contributed by atoms with Crippen LogP contribution in [0.1, 0.15) is 156 Å². The van der Waals surface area contributed by atoms with E-state index in [1.165, 1.54) is 0 Å². The zero-order valence-corrected chi connectivity index (χ0v) is 36.5. The van der Waals surface area contributed by atoms with Gasteiger partial charge in [0.05, 0.1) is 0 Å². The fourth-order valence-corrected chi connectivity index (χ4v) is 5.16. The number of allylic oxidation sites excluding steroid dienone is 22. The second-order valence-corrected chi connectivity index (χ2v) is 13.8. The molecular weight excluding hydrogens is 721 g/mol. The topological polar surface area (TPSA) is 78.9 Å². The second-order valence-electron chi connectivity index (χ2n) is 13.8. The lowest BCUT2D eigenvalue weighted by Gasteiger charge is -2.18. The maximum Gasteiger partial charge on any atom is 0.306 e. The second kappa shape index (κ2) is 45.3. The minimum Gasteiger partial charge on any atom is -0.462 e. The molecule has 0 spiro atoms. The van der Waals surface area contributed by atoms with E-state index >= 15 is 0 Å². The van der Waals surface area contributed by atoms with Crippen molar-refractivity contribution in [1.29, 1.82) is 0 Å². The fourth-order valence-electron chi connectivity index (χ4n) is 5.16. The lowest BCUT2D eigenvalue weighted by atomic mass is 10.2. The van der Waals surface area contributed by atoms with Crippen LogP contribution in [0.2, 0.25) is 0 Å². The predicted molar refractivity (Wildman–Crippen MR) is 246 cm³/mol. The Kier molecular flexibility index (Phi) is 41.8. The number of esters is 3. The first-order chi connectivity index (χ1) is 28.5. The van der Waals surface area contributed by atoms with Crippen LogP contribution in [0.3, 0.4) is 0 Å². The first kappa shape index (κ1) is 53.6. The number of hydrogen-bond acceptors (Lipinski definition) is 6. The summed E-state index contributed by atoms with van der Waals surface area (Å²) in [6, 6.07) is 0. The molecule has 322 valence electrons. The zero-order chi connectivity index (χ0) is 42.3. The van der Waals surface area contributed by atoms with E-state index in [1.807, 2.05) is 12.2 Å². The molecule has 0 saturated heterocycles. The van der Waals surface area contributed by atoms with Crippen molar-refractivity contribution in [3.8, 4) is 0 Å². The minimum absolute atomic E-state index is 0.140. The number of hydrogen-bond donors (Lipinski definition) is 0. The average Bonchev–Trinajstić information content (AvgIpc) is 3.22. The van der Waals surface area contributed by atoms with Gasteiger partial charge < -0.3 is 14.2 Å². The van der Waals surface area contributed by atoms with Gasteiger partial charge in [-0.05, 0) is 116 Å². The molecule has 0 aliphatic rings. The van der Waals surface area contributed by atoms with Crippen LogP contribution in [-0.2, 0) is 28.6 Å². The van der Waals surface area contributed by atoms with E-state index in [0.717, 1.165) is 96.3 Å². The number of carbonyl (C=O) groups excluding carboxylic acids is 3. The fraction of sp³-hybridized carbons (Fsp3) is 0.519. The summed E-state index contributed by atoms with van der Waals surface area (Å²) >= 11 is 0. The highest BCUT2D eigenvalue weighted by Crippen LogP contribution is 2.09. The molecule has 0 saturated carbocycles. The smallest absolute Gasteiger partial charge is 0.306 e. The molecule has 0 aliphatic heterocycles. The summed E-state index contributed by atoms with van der Waals surface area (Å²) in [5.74, 6) is -1.12. The number of unbranched alkanes of at least 4 members (excludes halogenated alkanes) is 4. The molecule has 0 N–H and O–H groups in total. The average molecular weight is 799 g/mol. The Balaban J connectivity index is 4.57. The maximum atomic E-state index is 12.7. The van der Waals surface area contributed by atoms with Crippen molar-refractivity contribution in [1.82, 2.24) is 0 Å². The van der Waals surface area contributed by atoms with E-state index in [-0.39, 0.29) is 50.4 Å². The molecule has 6 heteroatoms. The van der Waals surface area contributed by atoms with Gasteiger partial charge in [0.25, 0.3) is 0 Å². The normalized spacial score (nSPS) is 13.4. The summed E-state index contributed by atoms with van der Waals surface area (Å²) in [5, 5.41) is 0. The minimum atomic E-state index is -0.843. The maximum absolute atomic E-state index is 12.7. The highest BCUT2D eigenvalue weighted by Gasteiger charge is 2.19. The van der Waals surface area contributed by atoms with Gasteiger partial charge in [0.2, 0.25) is 0 Å². The van der Waals surface area contributed by atoms with Gasteiger partial charge in [-0.25, -0.2) is 0 Å². The molecule has 0 amide bonds. The van der Waals surface area contributed by atoms with Gasteiger partial charge in [0, 0.05) is 19.3 Å². The summed E-state index contributed by atoms with van der Waals surface area (Å²) in [6.45, 7) is 6.10. The SMILES string of the molecule is CC/C=C\C/C=C\C/C=C\C/C=C\C/C=C\C/C=C\CCC(=O)OCC(COC(=O)CCCC/C=C\C/C=C\CC)OC(=O)CCCC/C=C\C/C=C\C/C=C\CC. The van der Waals surface area contributed by atoms with Crippen LogP contribution in [0.5, 0.6) is 0 Å². The summed E-state index contributed by atoms with van der Waals surface area (Å²) in [6.07, 6.45) is 63.2. The summed E-state index contributed by atoms with van der Waals surface area (Å²) in [4.78, 5) is 37.6. The predicted octanol–water partition coefficient (Wildman–Crippen LogP) is 14.4. The number of ether oxygens (including phenoxy) is 3. The van der Waals surface area contributed by atoms with Gasteiger partial charge in [-0.3, -0.25) is 14.4 Å². The monoisotopic (exact) mass is 799 g/mol. The van der Waals surface area contributed by atoms with Crippen molar-refractivity contribution in [3.63, 3.8) is 0 Å². The van der Waals surface area contributed by atoms with Crippen molar-refractivity contribution < 1.29 is 28.6 Å². The van der Waals surface area contributed by atoms with Crippen LogP contribution < -0.4 is 0 Å². The Labute approximate surface area is 354 Å². The molecule has 1 atom stereocenters. The van der Waals surface area contributed by atoms with Crippen LogP contribution in [0.4, 0.5) is 0 Å². The van der Waals surface area contributed by atoms with E-state index in [0.29, 0.717) is 19.3 Å². The molecule has 0 radical (unpaired) electrons. The van der Waals surface area contributed by atoms with Gasteiger partial charge in [-0.1, -0.05) is 154 Å². The molecule has 0 aromatic carbocycles. The van der Waals surface area contributed by atoms with E-state index in [1.54, 1.807) is 0 Å². The molecule has 6 nitrogen and oxygen atoms in total. The molecule has 58 heavy (non-hydrogen) atoms. The molecule has 0 aromatic rings. The summed E-state index contributed by atoms with van der Waals surface area (Å²) in [5.41, 5.74) is 0. The molecule has 0 heterocycles. The van der Waals surface area contributed by atoms with Crippen LogP contribution in [-0.4, -0.2) is 37.2 Å². The van der Waals surface area contributed by atoms with Gasteiger partial charge >= 0.3 is 17.9 Å². The van der Waals surface area contributed by atoms with Crippen molar-refractivity contribution in [2.24, 2.45) is 0 Å². The van der Waals surface area contributed by atoms with E-state index in [9.17, 15) is 14.4 Å². The van der Waals surface area contributed by atoms with Gasteiger partial charge in [0.15, 0.2) is 6.10 Å². The van der Waals surface area contributed by atoms with Gasteiger partial charge in [-0.2, -0.15) is 0 Å². The third-order valence-corrected chi connectivity index (χ3v) is 8.39. The number of rotatable bonds is 37.